The van der Waals surface area contributed by atoms with Gasteiger partial charge in [-0.3, -0.25) is 4.79 Å². The third-order valence-corrected chi connectivity index (χ3v) is 3.16. The summed E-state index contributed by atoms with van der Waals surface area (Å²) in [6.07, 6.45) is 2.32. The average molecular weight is 198 g/mol. The zero-order valence-corrected chi connectivity index (χ0v) is 9.71. The van der Waals surface area contributed by atoms with Gasteiger partial charge in [0.25, 0.3) is 0 Å². The number of carbonyl (C=O) groups excluding carboxylic acids is 1. The van der Waals surface area contributed by atoms with Gasteiger partial charge in [-0.15, -0.1) is 0 Å². The first-order valence-corrected chi connectivity index (χ1v) is 5.55. The summed E-state index contributed by atoms with van der Waals surface area (Å²) < 4.78 is 0. The van der Waals surface area contributed by atoms with Crippen LogP contribution < -0.4 is 5.32 Å². The molecule has 1 rings (SSSR count). The number of likely N-dealkylation sites (tertiary alicyclic amines) is 1. The van der Waals surface area contributed by atoms with Crippen LogP contribution in [0.4, 0.5) is 0 Å². The molecule has 3 nitrogen and oxygen atoms in total. The van der Waals surface area contributed by atoms with Gasteiger partial charge in [-0.05, 0) is 32.7 Å². The van der Waals surface area contributed by atoms with Gasteiger partial charge < -0.3 is 10.2 Å². The van der Waals surface area contributed by atoms with E-state index in [1.165, 1.54) is 6.42 Å². The molecule has 0 aromatic rings. The van der Waals surface area contributed by atoms with Crippen LogP contribution in [0.3, 0.4) is 0 Å². The van der Waals surface area contributed by atoms with Crippen LogP contribution in [0.5, 0.6) is 0 Å². The lowest BCUT2D eigenvalue weighted by molar-refractivity contribution is -0.134. The maximum atomic E-state index is 12.0. The van der Waals surface area contributed by atoms with Crippen LogP contribution in [-0.2, 0) is 4.79 Å². The maximum Gasteiger partial charge on any atom is 0.239 e. The molecule has 0 bridgehead atoms. The van der Waals surface area contributed by atoms with Crippen LogP contribution in [0.1, 0.15) is 33.6 Å². The Morgan fingerprint density at radius 3 is 2.57 bits per heavy atom. The van der Waals surface area contributed by atoms with Gasteiger partial charge in [0.05, 0.1) is 6.04 Å². The Labute approximate surface area is 86.9 Å². The molecule has 1 aliphatic heterocycles. The van der Waals surface area contributed by atoms with Crippen LogP contribution >= 0.6 is 0 Å². The van der Waals surface area contributed by atoms with Crippen molar-refractivity contribution in [2.24, 2.45) is 5.92 Å². The normalized spacial score (nSPS) is 24.4. The highest BCUT2D eigenvalue weighted by atomic mass is 16.2. The minimum atomic E-state index is -0.0469. The number of carbonyl (C=O) groups is 1. The van der Waals surface area contributed by atoms with Gasteiger partial charge in [-0.2, -0.15) is 0 Å². The second-order valence-electron chi connectivity index (χ2n) is 4.50. The summed E-state index contributed by atoms with van der Waals surface area (Å²) >= 11 is 0. The van der Waals surface area contributed by atoms with Crippen molar-refractivity contribution in [3.8, 4) is 0 Å². The molecule has 0 aliphatic carbocycles. The Hall–Kier alpha value is -0.570. The van der Waals surface area contributed by atoms with Crippen LogP contribution in [0, 0.1) is 5.92 Å². The van der Waals surface area contributed by atoms with E-state index in [2.05, 4.69) is 19.2 Å². The molecular weight excluding hydrogens is 176 g/mol. The van der Waals surface area contributed by atoms with E-state index >= 15 is 0 Å². The van der Waals surface area contributed by atoms with Gasteiger partial charge in [-0.25, -0.2) is 0 Å². The molecule has 1 amide bonds. The number of amides is 1. The number of rotatable bonds is 3. The molecule has 1 saturated heterocycles. The molecule has 0 aromatic heterocycles. The van der Waals surface area contributed by atoms with E-state index in [1.54, 1.807) is 0 Å². The Kier molecular flexibility index (Phi) is 3.93. The monoisotopic (exact) mass is 198 g/mol. The number of hydrogen-bond donors (Lipinski definition) is 1. The summed E-state index contributed by atoms with van der Waals surface area (Å²) in [4.78, 5) is 14.0. The summed E-state index contributed by atoms with van der Waals surface area (Å²) in [5.41, 5.74) is 0. The van der Waals surface area contributed by atoms with Crippen molar-refractivity contribution in [3.05, 3.63) is 0 Å². The zero-order valence-electron chi connectivity index (χ0n) is 9.71. The van der Waals surface area contributed by atoms with Crippen molar-refractivity contribution in [2.75, 3.05) is 13.6 Å². The van der Waals surface area contributed by atoms with Gasteiger partial charge in [-0.1, -0.05) is 13.8 Å². The molecule has 1 fully saturated rings. The largest absolute Gasteiger partial charge is 0.338 e. The van der Waals surface area contributed by atoms with Crippen LogP contribution in [-0.4, -0.2) is 36.5 Å². The number of likely N-dealkylation sites (N-methyl/N-ethyl adjacent to an activating group) is 1. The fourth-order valence-corrected chi connectivity index (χ4v) is 2.13. The van der Waals surface area contributed by atoms with Gasteiger partial charge in [0, 0.05) is 12.6 Å². The summed E-state index contributed by atoms with van der Waals surface area (Å²) in [5.74, 6) is 0.828. The molecule has 0 saturated carbocycles. The molecule has 2 unspecified atom stereocenters. The smallest absolute Gasteiger partial charge is 0.239 e. The second-order valence-corrected chi connectivity index (χ2v) is 4.50. The Balaban J connectivity index is 2.62. The van der Waals surface area contributed by atoms with Crippen molar-refractivity contribution in [1.29, 1.82) is 0 Å². The quantitative estimate of drug-likeness (QED) is 0.740. The van der Waals surface area contributed by atoms with Crippen molar-refractivity contribution in [3.63, 3.8) is 0 Å². The van der Waals surface area contributed by atoms with Crippen molar-refractivity contribution >= 4 is 5.91 Å². The lowest BCUT2D eigenvalue weighted by atomic mass is 10.0. The van der Waals surface area contributed by atoms with Crippen LogP contribution in [0.2, 0.25) is 0 Å². The van der Waals surface area contributed by atoms with E-state index in [0.717, 1.165) is 13.0 Å². The Morgan fingerprint density at radius 2 is 2.07 bits per heavy atom. The lowest BCUT2D eigenvalue weighted by Gasteiger charge is -2.29. The molecule has 1 heterocycles. The van der Waals surface area contributed by atoms with Crippen LogP contribution in [0.25, 0.3) is 0 Å². The summed E-state index contributed by atoms with van der Waals surface area (Å²) in [5, 5.41) is 3.01. The topological polar surface area (TPSA) is 32.3 Å². The highest BCUT2D eigenvalue weighted by Gasteiger charge is 2.32. The van der Waals surface area contributed by atoms with Crippen molar-refractivity contribution in [1.82, 2.24) is 10.2 Å². The number of hydrogen-bond acceptors (Lipinski definition) is 2. The fraction of sp³-hybridized carbons (Fsp3) is 0.909. The first-order chi connectivity index (χ1) is 6.57. The highest BCUT2D eigenvalue weighted by Crippen LogP contribution is 2.24. The summed E-state index contributed by atoms with van der Waals surface area (Å²) in [6.45, 7) is 7.26. The Morgan fingerprint density at radius 1 is 1.43 bits per heavy atom. The van der Waals surface area contributed by atoms with E-state index in [4.69, 9.17) is 0 Å². The molecule has 0 radical (unpaired) electrons. The number of nitrogens with zero attached hydrogens (tertiary/aromatic N) is 1. The zero-order chi connectivity index (χ0) is 10.7. The molecule has 0 aromatic carbocycles. The molecule has 14 heavy (non-hydrogen) atoms. The van der Waals surface area contributed by atoms with Crippen molar-refractivity contribution in [2.45, 2.75) is 45.7 Å². The summed E-state index contributed by atoms with van der Waals surface area (Å²) in [7, 11) is 1.84. The minimum Gasteiger partial charge on any atom is -0.338 e. The lowest BCUT2D eigenvalue weighted by Crippen LogP contribution is -2.47. The van der Waals surface area contributed by atoms with E-state index in [1.807, 2.05) is 18.9 Å². The van der Waals surface area contributed by atoms with Gasteiger partial charge in [0.1, 0.15) is 0 Å². The molecular formula is C11H22N2O. The Bertz CT molecular complexity index is 203. The van der Waals surface area contributed by atoms with Crippen molar-refractivity contribution < 1.29 is 4.79 Å². The predicted octanol–water partition coefficient (Wildman–Crippen LogP) is 1.24. The molecule has 2 atom stereocenters. The maximum absolute atomic E-state index is 12.0. The molecule has 3 heteroatoms. The fourth-order valence-electron chi connectivity index (χ4n) is 2.13. The van der Waals surface area contributed by atoms with Gasteiger partial charge in [0.15, 0.2) is 0 Å². The summed E-state index contributed by atoms with van der Waals surface area (Å²) in [6, 6.07) is 0.410. The van der Waals surface area contributed by atoms with E-state index < -0.39 is 0 Å². The van der Waals surface area contributed by atoms with Gasteiger partial charge >= 0.3 is 0 Å². The third-order valence-electron chi connectivity index (χ3n) is 3.16. The standard InChI is InChI=1S/C11H22N2O/c1-8(2)10-6-5-7-13(10)11(14)9(3)12-4/h8-10,12H,5-7H2,1-4H3. The molecule has 1 aliphatic rings. The predicted molar refractivity (Wildman–Crippen MR) is 58.1 cm³/mol. The van der Waals surface area contributed by atoms with E-state index in [-0.39, 0.29) is 11.9 Å². The molecule has 1 N–H and O–H groups in total. The average Bonchev–Trinajstić information content (AvgIpc) is 2.63. The highest BCUT2D eigenvalue weighted by molar-refractivity contribution is 5.82. The molecule has 82 valence electrons. The SMILES string of the molecule is CNC(C)C(=O)N1CCCC1C(C)C. The van der Waals surface area contributed by atoms with E-state index in [0.29, 0.717) is 12.0 Å². The second kappa shape index (κ2) is 4.78. The molecule has 0 spiro atoms. The van der Waals surface area contributed by atoms with Gasteiger partial charge in [0.2, 0.25) is 5.91 Å². The first kappa shape index (κ1) is 11.5. The minimum absolute atomic E-state index is 0.0469. The first-order valence-electron chi connectivity index (χ1n) is 5.55. The number of nitrogens with one attached hydrogen (secondary N) is 1. The van der Waals surface area contributed by atoms with E-state index in [9.17, 15) is 4.79 Å². The van der Waals surface area contributed by atoms with Crippen LogP contribution in [0.15, 0.2) is 0 Å². The third kappa shape index (κ3) is 2.27.